The van der Waals surface area contributed by atoms with E-state index in [1.807, 2.05) is 30.3 Å². The number of unbranched alkanes of at least 4 members (excludes halogenated alkanes) is 7. The molecule has 0 aromatic heterocycles. The molecule has 1 atom stereocenters. The summed E-state index contributed by atoms with van der Waals surface area (Å²) in [5.41, 5.74) is 0.775. The van der Waals surface area contributed by atoms with Gasteiger partial charge in [-0.2, -0.15) is 0 Å². The third kappa shape index (κ3) is 13.2. The van der Waals surface area contributed by atoms with Gasteiger partial charge >= 0.3 is 5.97 Å². The van der Waals surface area contributed by atoms with Gasteiger partial charge in [0.05, 0.1) is 13.0 Å². The number of benzene rings is 2. The van der Waals surface area contributed by atoms with Crippen LogP contribution in [-0.2, 0) is 16.0 Å². The fourth-order valence-electron chi connectivity index (χ4n) is 3.61. The van der Waals surface area contributed by atoms with Crippen molar-refractivity contribution in [3.8, 4) is 17.2 Å². The maximum Gasteiger partial charge on any atom is 0.310 e. The van der Waals surface area contributed by atoms with Crippen LogP contribution in [0.15, 0.2) is 61.2 Å². The second kappa shape index (κ2) is 18.3. The van der Waals surface area contributed by atoms with E-state index in [-0.39, 0.29) is 32.2 Å². The van der Waals surface area contributed by atoms with Crippen molar-refractivity contribution < 1.29 is 28.8 Å². The molecule has 0 heterocycles. The van der Waals surface area contributed by atoms with Crippen molar-refractivity contribution in [2.45, 2.75) is 70.8 Å². The van der Waals surface area contributed by atoms with Crippen LogP contribution in [-0.4, -0.2) is 43.6 Å². The van der Waals surface area contributed by atoms with E-state index in [0.717, 1.165) is 24.3 Å². The number of aliphatic hydroxyl groups is 1. The van der Waals surface area contributed by atoms with Crippen LogP contribution in [0.3, 0.4) is 0 Å². The Morgan fingerprint density at radius 1 is 0.861 bits per heavy atom. The van der Waals surface area contributed by atoms with E-state index in [1.54, 1.807) is 18.2 Å². The van der Waals surface area contributed by atoms with Crippen LogP contribution in [0.25, 0.3) is 0 Å². The highest BCUT2D eigenvalue weighted by Crippen LogP contribution is 2.19. The summed E-state index contributed by atoms with van der Waals surface area (Å²) >= 11 is 0. The monoisotopic (exact) mass is 498 g/mol. The first kappa shape index (κ1) is 29.2. The lowest BCUT2D eigenvalue weighted by Crippen LogP contribution is -2.25. The molecule has 1 unspecified atom stereocenters. The predicted octanol–water partition coefficient (Wildman–Crippen LogP) is 6.30. The molecule has 0 aliphatic rings. The quantitative estimate of drug-likeness (QED) is 0.131. The van der Waals surface area contributed by atoms with E-state index in [1.165, 1.54) is 51.0 Å². The Labute approximate surface area is 216 Å². The highest BCUT2D eigenvalue weighted by molar-refractivity contribution is 5.72. The largest absolute Gasteiger partial charge is 0.494 e. The van der Waals surface area contributed by atoms with Crippen molar-refractivity contribution in [2.75, 3.05) is 26.4 Å². The van der Waals surface area contributed by atoms with E-state index >= 15 is 0 Å². The Kier molecular flexibility index (Phi) is 14.9. The van der Waals surface area contributed by atoms with Crippen molar-refractivity contribution in [1.29, 1.82) is 0 Å². The summed E-state index contributed by atoms with van der Waals surface area (Å²) in [4.78, 5) is 11.7. The van der Waals surface area contributed by atoms with Gasteiger partial charge in [0.15, 0.2) is 0 Å². The molecule has 6 nitrogen and oxygen atoms in total. The molecule has 2 rings (SSSR count). The first-order valence-electron chi connectivity index (χ1n) is 13.1. The van der Waals surface area contributed by atoms with Gasteiger partial charge in [-0.3, -0.25) is 4.79 Å². The van der Waals surface area contributed by atoms with Crippen molar-refractivity contribution in [3.05, 3.63) is 66.7 Å². The van der Waals surface area contributed by atoms with E-state index in [0.29, 0.717) is 11.5 Å². The van der Waals surface area contributed by atoms with Gasteiger partial charge in [-0.15, -0.1) is 0 Å². The zero-order valence-electron chi connectivity index (χ0n) is 21.7. The summed E-state index contributed by atoms with van der Waals surface area (Å²) < 4.78 is 22.1. The molecule has 2 aromatic carbocycles. The fraction of sp³-hybridized carbons (Fsp3) is 0.500. The molecule has 0 radical (unpaired) electrons. The molecule has 0 aliphatic carbocycles. The number of esters is 1. The molecule has 6 heteroatoms. The maximum atomic E-state index is 11.7. The molecular weight excluding hydrogens is 456 g/mol. The van der Waals surface area contributed by atoms with Crippen LogP contribution in [0.1, 0.15) is 63.9 Å². The Morgan fingerprint density at radius 2 is 1.47 bits per heavy atom. The molecule has 0 saturated heterocycles. The maximum absolute atomic E-state index is 11.7. The van der Waals surface area contributed by atoms with Crippen LogP contribution in [0.4, 0.5) is 0 Å². The number of carbonyl (C=O) groups is 1. The van der Waals surface area contributed by atoms with Crippen LogP contribution in [0, 0.1) is 0 Å². The topological polar surface area (TPSA) is 74.2 Å². The SMILES string of the molecule is C=CCOC(=O)Cc1cccc(OCC(O)COc2ccc(OCCCCCCCCCC)cc2)c1. The molecule has 198 valence electrons. The summed E-state index contributed by atoms with van der Waals surface area (Å²) in [5, 5.41) is 10.2. The normalized spacial score (nSPS) is 11.5. The fourth-order valence-corrected chi connectivity index (χ4v) is 3.61. The van der Waals surface area contributed by atoms with Crippen LogP contribution in [0.2, 0.25) is 0 Å². The van der Waals surface area contributed by atoms with Gasteiger partial charge in [0, 0.05) is 0 Å². The molecule has 1 N–H and O–H groups in total. The van der Waals surface area contributed by atoms with Gasteiger partial charge in [-0.25, -0.2) is 0 Å². The zero-order chi connectivity index (χ0) is 25.8. The summed E-state index contributed by atoms with van der Waals surface area (Å²) in [6, 6.07) is 14.6. The smallest absolute Gasteiger partial charge is 0.310 e. The van der Waals surface area contributed by atoms with Crippen molar-refractivity contribution in [2.24, 2.45) is 0 Å². The summed E-state index contributed by atoms with van der Waals surface area (Å²) in [6.07, 6.45) is 11.1. The molecular formula is C30H42O6. The minimum absolute atomic E-state index is 0.0736. The molecule has 36 heavy (non-hydrogen) atoms. The summed E-state index contributed by atoms with van der Waals surface area (Å²) in [7, 11) is 0. The standard InChI is InChI=1S/C30H42O6/c1-3-5-6-7-8-9-10-11-20-33-27-15-17-28(18-16-27)35-23-26(31)24-36-29-14-12-13-25(21-29)22-30(32)34-19-4-2/h4,12-18,21,26,31H,2-3,5-11,19-20,22-24H2,1H3. The van der Waals surface area contributed by atoms with Gasteiger partial charge in [0.1, 0.15) is 43.2 Å². The summed E-state index contributed by atoms with van der Waals surface area (Å²) in [6.45, 7) is 6.86. The molecule has 0 fully saturated rings. The molecule has 0 aliphatic heterocycles. The Bertz CT molecular complexity index is 864. The summed E-state index contributed by atoms with van der Waals surface area (Å²) in [5.74, 6) is 1.72. The van der Waals surface area contributed by atoms with Crippen LogP contribution in [0.5, 0.6) is 17.2 Å². The lowest BCUT2D eigenvalue weighted by Gasteiger charge is -2.14. The average Bonchev–Trinajstić information content (AvgIpc) is 2.89. The second-order valence-electron chi connectivity index (χ2n) is 8.87. The average molecular weight is 499 g/mol. The molecule has 0 amide bonds. The number of carbonyl (C=O) groups excluding carboxylic acids is 1. The number of rotatable bonds is 20. The van der Waals surface area contributed by atoms with Gasteiger partial charge in [-0.05, 0) is 48.4 Å². The lowest BCUT2D eigenvalue weighted by atomic mass is 10.1. The number of ether oxygens (including phenoxy) is 4. The Morgan fingerprint density at radius 3 is 2.14 bits per heavy atom. The Balaban J connectivity index is 1.60. The van der Waals surface area contributed by atoms with Gasteiger partial charge in [-0.1, -0.05) is 76.7 Å². The van der Waals surface area contributed by atoms with E-state index < -0.39 is 6.10 Å². The van der Waals surface area contributed by atoms with E-state index in [9.17, 15) is 9.90 Å². The zero-order valence-corrected chi connectivity index (χ0v) is 21.7. The van der Waals surface area contributed by atoms with Crippen molar-refractivity contribution >= 4 is 5.97 Å². The minimum atomic E-state index is -0.802. The molecule has 2 aromatic rings. The van der Waals surface area contributed by atoms with E-state index in [4.69, 9.17) is 18.9 Å². The minimum Gasteiger partial charge on any atom is -0.494 e. The van der Waals surface area contributed by atoms with Crippen LogP contribution >= 0.6 is 0 Å². The van der Waals surface area contributed by atoms with Crippen molar-refractivity contribution in [3.63, 3.8) is 0 Å². The first-order valence-corrected chi connectivity index (χ1v) is 13.1. The molecule has 0 spiro atoms. The predicted molar refractivity (Wildman–Crippen MR) is 143 cm³/mol. The Hall–Kier alpha value is -2.99. The molecule has 0 bridgehead atoms. The van der Waals surface area contributed by atoms with Gasteiger partial charge < -0.3 is 24.1 Å². The first-order chi connectivity index (χ1) is 17.6. The molecule has 0 saturated carbocycles. The van der Waals surface area contributed by atoms with Crippen molar-refractivity contribution in [1.82, 2.24) is 0 Å². The van der Waals surface area contributed by atoms with E-state index in [2.05, 4.69) is 13.5 Å². The highest BCUT2D eigenvalue weighted by Gasteiger charge is 2.09. The van der Waals surface area contributed by atoms with Crippen LogP contribution < -0.4 is 14.2 Å². The highest BCUT2D eigenvalue weighted by atomic mass is 16.5. The van der Waals surface area contributed by atoms with Gasteiger partial charge in [0.2, 0.25) is 0 Å². The number of hydrogen-bond acceptors (Lipinski definition) is 6. The number of hydrogen-bond donors (Lipinski definition) is 1. The number of aliphatic hydroxyl groups excluding tert-OH is 1. The lowest BCUT2D eigenvalue weighted by molar-refractivity contribution is -0.141. The third-order valence-corrected chi connectivity index (χ3v) is 5.58. The second-order valence-corrected chi connectivity index (χ2v) is 8.87. The third-order valence-electron chi connectivity index (χ3n) is 5.58. The van der Waals surface area contributed by atoms with Gasteiger partial charge in [0.25, 0.3) is 0 Å².